The molecule has 2 nitrogen and oxygen atoms in total. The molecule has 0 fully saturated rings. The van der Waals surface area contributed by atoms with E-state index in [1.165, 1.54) is 0 Å². The molecule has 0 saturated heterocycles. The van der Waals surface area contributed by atoms with Crippen molar-refractivity contribution in [3.05, 3.63) is 0 Å². The quantitative estimate of drug-likeness (QED) is 0.521. The number of hydrogen-bond acceptors (Lipinski definition) is 3. The minimum atomic E-state index is 0.103. The molecule has 0 aliphatic rings. The van der Waals surface area contributed by atoms with Gasteiger partial charge in [-0.1, -0.05) is 0 Å². The summed E-state index contributed by atoms with van der Waals surface area (Å²) in [6, 6.07) is 0. The summed E-state index contributed by atoms with van der Waals surface area (Å²) in [5.74, 6) is 0. The minimum absolute atomic E-state index is 0.103. The van der Waals surface area contributed by atoms with Crippen LogP contribution < -0.4 is 0 Å². The van der Waals surface area contributed by atoms with Crippen LogP contribution in [0.5, 0.6) is 0 Å². The summed E-state index contributed by atoms with van der Waals surface area (Å²) < 4.78 is 4.68. The van der Waals surface area contributed by atoms with Crippen molar-refractivity contribution in [1.82, 2.24) is 0 Å². The monoisotopic (exact) mass is 119 g/mol. The molecule has 0 aromatic carbocycles. The largest absolute Gasteiger partial charge is 0.305 e. The van der Waals surface area contributed by atoms with E-state index < -0.39 is 0 Å². The Morgan fingerprint density at radius 3 is 2.43 bits per heavy atom. The van der Waals surface area contributed by atoms with Gasteiger partial charge < -0.3 is 4.18 Å². The maximum Gasteiger partial charge on any atom is 0.295 e. The van der Waals surface area contributed by atoms with E-state index in [2.05, 4.69) is 4.18 Å². The summed E-state index contributed by atoms with van der Waals surface area (Å²) in [4.78, 5) is 9.42. The molecule has 0 N–H and O–H groups in total. The van der Waals surface area contributed by atoms with Crippen LogP contribution in [0.15, 0.2) is 0 Å². The third-order valence-corrected chi connectivity index (χ3v) is 0.824. The Balaban J connectivity index is 2.81. The zero-order valence-corrected chi connectivity index (χ0v) is 5.12. The Bertz CT molecular complexity index is 53.7. The van der Waals surface area contributed by atoms with Gasteiger partial charge >= 0.3 is 0 Å². The Hall–Kier alpha value is -0.0200. The fourth-order valence-electron chi connectivity index (χ4n) is 0.116. The smallest absolute Gasteiger partial charge is 0.295 e. The van der Waals surface area contributed by atoms with Gasteiger partial charge in [0.15, 0.2) is 0 Å². The summed E-state index contributed by atoms with van der Waals surface area (Å²) in [5.41, 5.74) is 1.54. The van der Waals surface area contributed by atoms with Crippen LogP contribution in [-0.2, 0) is 8.98 Å². The molecular formula is C4H7O2S. The van der Waals surface area contributed by atoms with Gasteiger partial charge in [0.2, 0.25) is 0 Å². The Labute approximate surface area is 47.4 Å². The highest BCUT2D eigenvalue weighted by atomic mass is 32.2. The van der Waals surface area contributed by atoms with Crippen LogP contribution in [-0.4, -0.2) is 11.7 Å². The van der Waals surface area contributed by atoms with E-state index in [0.717, 1.165) is 0 Å². The second kappa shape index (κ2) is 4.15. The van der Waals surface area contributed by atoms with Gasteiger partial charge in [0, 0.05) is 0 Å². The van der Waals surface area contributed by atoms with Crippen molar-refractivity contribution in [1.29, 1.82) is 0 Å². The first-order valence-corrected chi connectivity index (χ1v) is 2.71. The molecule has 0 heterocycles. The second-order valence-electron chi connectivity index (χ2n) is 1.31. The van der Waals surface area contributed by atoms with Crippen molar-refractivity contribution in [2.45, 2.75) is 20.0 Å². The molecule has 1 radical (unpaired) electrons. The predicted octanol–water partition coefficient (Wildman–Crippen LogP) is 1.13. The molecule has 0 aromatic rings. The van der Waals surface area contributed by atoms with Gasteiger partial charge in [-0.05, 0) is 13.8 Å². The topological polar surface area (TPSA) is 26.3 Å². The van der Waals surface area contributed by atoms with Crippen molar-refractivity contribution in [2.24, 2.45) is 0 Å². The number of rotatable bonds is 3. The third kappa shape index (κ3) is 5.98. The molecule has 0 aromatic heterocycles. The lowest BCUT2D eigenvalue weighted by Crippen LogP contribution is -1.93. The maximum absolute atomic E-state index is 9.42. The van der Waals surface area contributed by atoms with Gasteiger partial charge in [0.1, 0.15) is 0 Å². The van der Waals surface area contributed by atoms with Gasteiger partial charge in [0.05, 0.1) is 18.1 Å². The molecule has 0 bridgehead atoms. The maximum atomic E-state index is 9.42. The van der Waals surface area contributed by atoms with Gasteiger partial charge in [-0.2, -0.15) is 0 Å². The van der Waals surface area contributed by atoms with Crippen LogP contribution in [0.4, 0.5) is 0 Å². The van der Waals surface area contributed by atoms with Crippen LogP contribution in [0, 0.1) is 0 Å². The molecule has 3 heteroatoms. The van der Waals surface area contributed by atoms with E-state index in [1.54, 1.807) is 5.62 Å². The highest BCUT2D eigenvalue weighted by Gasteiger charge is 1.89. The van der Waals surface area contributed by atoms with Crippen LogP contribution in [0.3, 0.4) is 0 Å². The molecule has 7 heavy (non-hydrogen) atoms. The van der Waals surface area contributed by atoms with Crippen molar-refractivity contribution in [3.8, 4) is 0 Å². The van der Waals surface area contributed by atoms with E-state index >= 15 is 0 Å². The molecule has 0 aliphatic heterocycles. The minimum Gasteiger partial charge on any atom is -0.305 e. The lowest BCUT2D eigenvalue weighted by atomic mass is 10.5. The SMILES string of the molecule is CC(C)OS[C]=O. The Kier molecular flexibility index (Phi) is 4.14. The summed E-state index contributed by atoms with van der Waals surface area (Å²) in [6.45, 7) is 3.70. The molecular weight excluding hydrogens is 112 g/mol. The molecule has 0 aliphatic carbocycles. The van der Waals surface area contributed by atoms with Crippen molar-refractivity contribution >= 4 is 17.7 Å². The normalized spacial score (nSPS) is 9.57. The van der Waals surface area contributed by atoms with E-state index in [4.69, 9.17) is 0 Å². The Morgan fingerprint density at radius 2 is 2.29 bits per heavy atom. The third-order valence-electron chi connectivity index (χ3n) is 0.275. The Morgan fingerprint density at radius 1 is 1.71 bits per heavy atom. The molecule has 0 atom stereocenters. The summed E-state index contributed by atoms with van der Waals surface area (Å²) in [7, 11) is 0. The fraction of sp³-hybridized carbons (Fsp3) is 0.750. The zero-order valence-electron chi connectivity index (χ0n) is 4.30. The summed E-state index contributed by atoms with van der Waals surface area (Å²) in [5, 5.41) is 0. The molecule has 0 spiro atoms. The molecule has 0 rings (SSSR count). The van der Waals surface area contributed by atoms with Crippen molar-refractivity contribution in [2.75, 3.05) is 0 Å². The van der Waals surface area contributed by atoms with Crippen LogP contribution in [0.2, 0.25) is 0 Å². The molecule has 41 valence electrons. The van der Waals surface area contributed by atoms with E-state index in [-0.39, 0.29) is 6.10 Å². The first-order valence-electron chi connectivity index (χ1n) is 1.97. The zero-order chi connectivity index (χ0) is 5.70. The van der Waals surface area contributed by atoms with E-state index in [0.29, 0.717) is 12.0 Å². The van der Waals surface area contributed by atoms with Gasteiger partial charge in [0.25, 0.3) is 5.62 Å². The van der Waals surface area contributed by atoms with Crippen molar-refractivity contribution < 1.29 is 8.98 Å². The first-order chi connectivity index (χ1) is 3.27. The lowest BCUT2D eigenvalue weighted by Gasteiger charge is -1.96. The number of carbonyl (C=O) groups excluding carboxylic acids is 1. The van der Waals surface area contributed by atoms with Gasteiger partial charge in [-0.3, -0.25) is 4.79 Å². The fourth-order valence-corrected chi connectivity index (χ4v) is 0.348. The highest BCUT2D eigenvalue weighted by Crippen LogP contribution is 2.00. The summed E-state index contributed by atoms with van der Waals surface area (Å²) >= 11 is 0.711. The average Bonchev–Trinajstić information content (AvgIpc) is 1.61. The van der Waals surface area contributed by atoms with Crippen LogP contribution >= 0.6 is 12.0 Å². The van der Waals surface area contributed by atoms with E-state index in [9.17, 15) is 4.79 Å². The van der Waals surface area contributed by atoms with E-state index in [1.807, 2.05) is 13.8 Å². The second-order valence-corrected chi connectivity index (χ2v) is 1.84. The predicted molar refractivity (Wildman–Crippen MR) is 29.5 cm³/mol. The van der Waals surface area contributed by atoms with Gasteiger partial charge in [-0.15, -0.1) is 0 Å². The molecule has 0 unspecified atom stereocenters. The van der Waals surface area contributed by atoms with Crippen LogP contribution in [0.25, 0.3) is 0 Å². The van der Waals surface area contributed by atoms with Crippen LogP contribution in [0.1, 0.15) is 13.8 Å². The lowest BCUT2D eigenvalue weighted by molar-refractivity contribution is 0.292. The standard InChI is InChI=1S/C4H7O2S/c1-4(2)6-7-3-5/h4H,1-2H3. The van der Waals surface area contributed by atoms with Crippen molar-refractivity contribution in [3.63, 3.8) is 0 Å². The first kappa shape index (κ1) is 6.98. The number of hydrogen-bond donors (Lipinski definition) is 0. The average molecular weight is 119 g/mol. The van der Waals surface area contributed by atoms with Gasteiger partial charge in [-0.25, -0.2) is 0 Å². The molecule has 0 amide bonds. The summed E-state index contributed by atoms with van der Waals surface area (Å²) in [6.07, 6.45) is 0.103. The molecule has 0 saturated carbocycles. The highest BCUT2D eigenvalue weighted by molar-refractivity contribution is 8.07.